The first-order valence-corrected chi connectivity index (χ1v) is 7.16. The van der Waals surface area contributed by atoms with Crippen molar-refractivity contribution in [1.29, 1.82) is 0 Å². The molecule has 0 spiro atoms. The van der Waals surface area contributed by atoms with Crippen molar-refractivity contribution in [1.82, 2.24) is 0 Å². The van der Waals surface area contributed by atoms with E-state index in [1.54, 1.807) is 0 Å². The Labute approximate surface area is 105 Å². The molecule has 2 nitrogen and oxygen atoms in total. The standard InChI is InChI=1S/C14H16O2S/c1-9-3-2-4-10-7-12(16-14(9)10)13(15)11-5-6-17-8-11/h2-4,7,11,13,15H,5-6,8H2,1H3. The zero-order valence-electron chi connectivity index (χ0n) is 9.85. The fourth-order valence-corrected chi connectivity index (χ4v) is 3.70. The summed E-state index contributed by atoms with van der Waals surface area (Å²) in [5.41, 5.74) is 2.04. The Hall–Kier alpha value is -0.930. The van der Waals surface area contributed by atoms with Crippen LogP contribution in [0.25, 0.3) is 11.0 Å². The van der Waals surface area contributed by atoms with Gasteiger partial charge in [-0.3, -0.25) is 0 Å². The fraction of sp³-hybridized carbons (Fsp3) is 0.429. The minimum Gasteiger partial charge on any atom is -0.458 e. The van der Waals surface area contributed by atoms with Crippen LogP contribution in [0.1, 0.15) is 23.8 Å². The number of rotatable bonds is 2. The molecule has 0 bridgehead atoms. The van der Waals surface area contributed by atoms with Crippen LogP contribution < -0.4 is 0 Å². The number of para-hydroxylation sites is 1. The maximum atomic E-state index is 10.3. The van der Waals surface area contributed by atoms with Crippen LogP contribution in [0.15, 0.2) is 28.7 Å². The average molecular weight is 248 g/mol. The van der Waals surface area contributed by atoms with Gasteiger partial charge in [-0.15, -0.1) is 0 Å². The molecule has 1 fully saturated rings. The molecule has 2 atom stereocenters. The number of furan rings is 1. The van der Waals surface area contributed by atoms with Crippen LogP contribution in [0.2, 0.25) is 0 Å². The first-order chi connectivity index (χ1) is 8.25. The van der Waals surface area contributed by atoms with Gasteiger partial charge in [0, 0.05) is 11.3 Å². The Bertz CT molecular complexity index is 526. The summed E-state index contributed by atoms with van der Waals surface area (Å²) in [5.74, 6) is 3.26. The maximum Gasteiger partial charge on any atom is 0.137 e. The quantitative estimate of drug-likeness (QED) is 0.882. The Morgan fingerprint density at radius 3 is 3.06 bits per heavy atom. The summed E-state index contributed by atoms with van der Waals surface area (Å²) in [6.07, 6.45) is 0.638. The second-order valence-corrected chi connectivity index (χ2v) is 5.86. The van der Waals surface area contributed by atoms with Gasteiger partial charge >= 0.3 is 0 Å². The highest BCUT2D eigenvalue weighted by Gasteiger charge is 2.27. The molecule has 0 amide bonds. The molecular weight excluding hydrogens is 232 g/mol. The minimum atomic E-state index is -0.447. The molecule has 1 aromatic heterocycles. The molecule has 1 aliphatic heterocycles. The van der Waals surface area contributed by atoms with Crippen molar-refractivity contribution in [3.8, 4) is 0 Å². The van der Waals surface area contributed by atoms with Gasteiger partial charge in [-0.05, 0) is 36.5 Å². The van der Waals surface area contributed by atoms with Crippen LogP contribution in [0.3, 0.4) is 0 Å². The highest BCUT2D eigenvalue weighted by Crippen LogP contribution is 2.36. The van der Waals surface area contributed by atoms with Crippen molar-refractivity contribution in [2.75, 3.05) is 11.5 Å². The zero-order valence-corrected chi connectivity index (χ0v) is 10.7. The van der Waals surface area contributed by atoms with Crippen molar-refractivity contribution in [2.45, 2.75) is 19.4 Å². The largest absolute Gasteiger partial charge is 0.458 e. The number of aliphatic hydroxyl groups excluding tert-OH is 1. The minimum absolute atomic E-state index is 0.348. The van der Waals surface area contributed by atoms with E-state index in [9.17, 15) is 5.11 Å². The summed E-state index contributed by atoms with van der Waals surface area (Å²) in [7, 11) is 0. The molecule has 1 aromatic carbocycles. The predicted octanol–water partition coefficient (Wildman–Crippen LogP) is 3.53. The number of benzene rings is 1. The topological polar surface area (TPSA) is 33.4 Å². The number of aryl methyl sites for hydroxylation is 1. The van der Waals surface area contributed by atoms with E-state index in [1.165, 1.54) is 0 Å². The maximum absolute atomic E-state index is 10.3. The molecule has 1 aliphatic rings. The number of aliphatic hydroxyl groups is 1. The van der Waals surface area contributed by atoms with Crippen LogP contribution in [0.4, 0.5) is 0 Å². The summed E-state index contributed by atoms with van der Waals surface area (Å²) >= 11 is 1.91. The third-order valence-corrected chi connectivity index (χ3v) is 4.65. The SMILES string of the molecule is Cc1cccc2cc(C(O)C3CCSC3)oc12. The van der Waals surface area contributed by atoms with E-state index in [1.807, 2.05) is 43.0 Å². The number of hydrogen-bond acceptors (Lipinski definition) is 3. The Morgan fingerprint density at radius 2 is 2.35 bits per heavy atom. The molecule has 0 saturated carbocycles. The third-order valence-electron chi connectivity index (χ3n) is 3.46. The van der Waals surface area contributed by atoms with Gasteiger partial charge in [0.2, 0.25) is 0 Å². The molecule has 0 aliphatic carbocycles. The second kappa shape index (κ2) is 4.39. The lowest BCUT2D eigenvalue weighted by molar-refractivity contribution is 0.0993. The highest BCUT2D eigenvalue weighted by atomic mass is 32.2. The molecule has 90 valence electrons. The van der Waals surface area contributed by atoms with Gasteiger partial charge < -0.3 is 9.52 Å². The van der Waals surface area contributed by atoms with Gasteiger partial charge in [-0.2, -0.15) is 11.8 Å². The molecule has 2 heterocycles. The van der Waals surface area contributed by atoms with E-state index in [2.05, 4.69) is 0 Å². The average Bonchev–Trinajstić information content (AvgIpc) is 2.98. The lowest BCUT2D eigenvalue weighted by atomic mass is 10.00. The molecule has 0 radical (unpaired) electrons. The van der Waals surface area contributed by atoms with E-state index in [0.717, 1.165) is 40.2 Å². The summed E-state index contributed by atoms with van der Waals surface area (Å²) in [4.78, 5) is 0. The summed E-state index contributed by atoms with van der Waals surface area (Å²) in [5, 5.41) is 11.4. The summed E-state index contributed by atoms with van der Waals surface area (Å²) in [6.45, 7) is 2.04. The Balaban J connectivity index is 1.97. The molecule has 1 N–H and O–H groups in total. The molecular formula is C14H16O2S. The van der Waals surface area contributed by atoms with E-state index in [0.29, 0.717) is 5.92 Å². The van der Waals surface area contributed by atoms with Crippen LogP contribution in [-0.2, 0) is 0 Å². The Kier molecular flexibility index (Phi) is 2.89. The first kappa shape index (κ1) is 11.2. The van der Waals surface area contributed by atoms with Gasteiger partial charge in [-0.1, -0.05) is 18.2 Å². The molecule has 1 saturated heterocycles. The molecule has 2 aromatic rings. The van der Waals surface area contributed by atoms with Crippen molar-refractivity contribution in [3.05, 3.63) is 35.6 Å². The van der Waals surface area contributed by atoms with Crippen molar-refractivity contribution in [3.63, 3.8) is 0 Å². The zero-order chi connectivity index (χ0) is 11.8. The van der Waals surface area contributed by atoms with Crippen molar-refractivity contribution < 1.29 is 9.52 Å². The van der Waals surface area contributed by atoms with Gasteiger partial charge in [0.25, 0.3) is 0 Å². The predicted molar refractivity (Wildman–Crippen MR) is 71.3 cm³/mol. The molecule has 2 unspecified atom stereocenters. The lowest BCUT2D eigenvalue weighted by Crippen LogP contribution is -2.10. The smallest absolute Gasteiger partial charge is 0.137 e. The van der Waals surface area contributed by atoms with Crippen LogP contribution in [0, 0.1) is 12.8 Å². The van der Waals surface area contributed by atoms with Crippen LogP contribution >= 0.6 is 11.8 Å². The highest BCUT2D eigenvalue weighted by molar-refractivity contribution is 7.99. The van der Waals surface area contributed by atoms with E-state index >= 15 is 0 Å². The number of thioether (sulfide) groups is 1. The normalized spacial score (nSPS) is 22.1. The van der Waals surface area contributed by atoms with Crippen molar-refractivity contribution in [2.24, 2.45) is 5.92 Å². The van der Waals surface area contributed by atoms with E-state index in [4.69, 9.17) is 4.42 Å². The third kappa shape index (κ3) is 1.98. The van der Waals surface area contributed by atoms with Crippen LogP contribution in [-0.4, -0.2) is 16.6 Å². The van der Waals surface area contributed by atoms with E-state index in [-0.39, 0.29) is 0 Å². The Morgan fingerprint density at radius 1 is 1.47 bits per heavy atom. The van der Waals surface area contributed by atoms with Gasteiger partial charge in [0.05, 0.1) is 0 Å². The van der Waals surface area contributed by atoms with Crippen molar-refractivity contribution >= 4 is 22.7 Å². The number of hydrogen-bond donors (Lipinski definition) is 1. The lowest BCUT2D eigenvalue weighted by Gasteiger charge is -2.13. The molecule has 17 heavy (non-hydrogen) atoms. The fourth-order valence-electron chi connectivity index (χ4n) is 2.41. The first-order valence-electron chi connectivity index (χ1n) is 6.00. The second-order valence-electron chi connectivity index (χ2n) is 4.71. The van der Waals surface area contributed by atoms with Gasteiger partial charge in [-0.25, -0.2) is 0 Å². The molecule has 3 heteroatoms. The monoisotopic (exact) mass is 248 g/mol. The summed E-state index contributed by atoms with van der Waals surface area (Å²) in [6, 6.07) is 8.07. The summed E-state index contributed by atoms with van der Waals surface area (Å²) < 4.78 is 5.81. The van der Waals surface area contributed by atoms with Gasteiger partial charge in [0.15, 0.2) is 0 Å². The number of fused-ring (bicyclic) bond motifs is 1. The van der Waals surface area contributed by atoms with Crippen LogP contribution in [0.5, 0.6) is 0 Å². The van der Waals surface area contributed by atoms with E-state index < -0.39 is 6.10 Å². The molecule has 3 rings (SSSR count). The van der Waals surface area contributed by atoms with Gasteiger partial charge in [0.1, 0.15) is 17.4 Å².